The van der Waals surface area contributed by atoms with Gasteiger partial charge in [-0.05, 0) is 36.8 Å². The number of aliphatic carboxylic acids is 1. The summed E-state index contributed by atoms with van der Waals surface area (Å²) in [5.41, 5.74) is 1.16. The standard InChI is InChI=1S/C18H25NO4/c1-13(2)14-7-3-4-9-16(14)23-12-6-10-17(20)19-11-5-8-15(19)18(21)22/h3-4,7,9,13,15H,5-6,8,10-12H2,1-2H3,(H,21,22). The van der Waals surface area contributed by atoms with E-state index in [1.165, 1.54) is 4.90 Å². The number of carboxylic acids is 1. The summed E-state index contributed by atoms with van der Waals surface area (Å²) in [7, 11) is 0. The Kier molecular flexibility index (Phi) is 6.02. The molecule has 23 heavy (non-hydrogen) atoms. The van der Waals surface area contributed by atoms with Crippen molar-refractivity contribution in [2.24, 2.45) is 0 Å². The molecule has 0 saturated carbocycles. The maximum Gasteiger partial charge on any atom is 0.326 e. The first-order valence-electron chi connectivity index (χ1n) is 8.24. The van der Waals surface area contributed by atoms with Crippen LogP contribution in [0.4, 0.5) is 0 Å². The second kappa shape index (κ2) is 7.99. The lowest BCUT2D eigenvalue weighted by molar-refractivity contribution is -0.148. The Bertz CT molecular complexity index is 556. The van der Waals surface area contributed by atoms with Crippen LogP contribution in [-0.4, -0.2) is 41.1 Å². The zero-order valence-electron chi connectivity index (χ0n) is 13.8. The van der Waals surface area contributed by atoms with Crippen LogP contribution in [-0.2, 0) is 9.59 Å². The predicted molar refractivity (Wildman–Crippen MR) is 87.6 cm³/mol. The van der Waals surface area contributed by atoms with Crippen LogP contribution in [0, 0.1) is 0 Å². The molecule has 1 fully saturated rings. The molecular formula is C18H25NO4. The Balaban J connectivity index is 1.79. The summed E-state index contributed by atoms with van der Waals surface area (Å²) in [6, 6.07) is 7.27. The molecule has 2 rings (SSSR count). The number of hydrogen-bond acceptors (Lipinski definition) is 3. The van der Waals surface area contributed by atoms with Crippen LogP contribution in [0.5, 0.6) is 5.75 Å². The fourth-order valence-electron chi connectivity index (χ4n) is 2.96. The fraction of sp³-hybridized carbons (Fsp3) is 0.556. The third-order valence-electron chi connectivity index (χ3n) is 4.19. The molecule has 1 atom stereocenters. The number of carbonyl (C=O) groups is 2. The average molecular weight is 319 g/mol. The lowest BCUT2D eigenvalue weighted by Gasteiger charge is -2.21. The summed E-state index contributed by atoms with van der Waals surface area (Å²) < 4.78 is 5.80. The summed E-state index contributed by atoms with van der Waals surface area (Å²) in [5, 5.41) is 9.12. The van der Waals surface area contributed by atoms with Gasteiger partial charge in [0.2, 0.25) is 5.91 Å². The van der Waals surface area contributed by atoms with E-state index in [0.29, 0.717) is 38.3 Å². The molecule has 5 heteroatoms. The number of para-hydroxylation sites is 1. The number of carbonyl (C=O) groups excluding carboxylic acids is 1. The molecule has 1 aromatic rings. The summed E-state index contributed by atoms with van der Waals surface area (Å²) in [6.07, 6.45) is 2.24. The lowest BCUT2D eigenvalue weighted by atomic mass is 10.0. The second-order valence-corrected chi connectivity index (χ2v) is 6.23. The van der Waals surface area contributed by atoms with Crippen molar-refractivity contribution in [3.63, 3.8) is 0 Å². The molecule has 1 aliphatic rings. The maximum atomic E-state index is 12.2. The van der Waals surface area contributed by atoms with Gasteiger partial charge in [0.1, 0.15) is 11.8 Å². The Morgan fingerprint density at radius 2 is 2.09 bits per heavy atom. The van der Waals surface area contributed by atoms with Gasteiger partial charge < -0.3 is 14.7 Å². The number of benzene rings is 1. The van der Waals surface area contributed by atoms with Crippen molar-refractivity contribution in [2.75, 3.05) is 13.2 Å². The van der Waals surface area contributed by atoms with Crippen molar-refractivity contribution in [3.05, 3.63) is 29.8 Å². The third-order valence-corrected chi connectivity index (χ3v) is 4.19. The molecule has 5 nitrogen and oxygen atoms in total. The average Bonchev–Trinajstić information content (AvgIpc) is 3.01. The second-order valence-electron chi connectivity index (χ2n) is 6.23. The highest BCUT2D eigenvalue weighted by molar-refractivity contribution is 5.84. The van der Waals surface area contributed by atoms with E-state index in [4.69, 9.17) is 9.84 Å². The summed E-state index contributed by atoms with van der Waals surface area (Å²) >= 11 is 0. The van der Waals surface area contributed by atoms with Gasteiger partial charge in [-0.1, -0.05) is 32.0 Å². The van der Waals surface area contributed by atoms with Crippen molar-refractivity contribution in [3.8, 4) is 5.75 Å². The third kappa shape index (κ3) is 4.47. The van der Waals surface area contributed by atoms with Crippen molar-refractivity contribution in [1.29, 1.82) is 0 Å². The van der Waals surface area contributed by atoms with E-state index in [1.54, 1.807) is 0 Å². The quantitative estimate of drug-likeness (QED) is 0.784. The van der Waals surface area contributed by atoms with Gasteiger partial charge in [0.05, 0.1) is 6.61 Å². The van der Waals surface area contributed by atoms with Gasteiger partial charge in [0.25, 0.3) is 0 Å². The number of carboxylic acid groups (broad SMARTS) is 1. The molecule has 1 N–H and O–H groups in total. The van der Waals surface area contributed by atoms with Crippen LogP contribution in [0.15, 0.2) is 24.3 Å². The molecule has 0 radical (unpaired) electrons. The zero-order valence-corrected chi connectivity index (χ0v) is 13.8. The van der Waals surface area contributed by atoms with E-state index in [-0.39, 0.29) is 5.91 Å². The van der Waals surface area contributed by atoms with Gasteiger partial charge in [-0.3, -0.25) is 4.79 Å². The highest BCUT2D eigenvalue weighted by Gasteiger charge is 2.33. The molecule has 0 spiro atoms. The summed E-state index contributed by atoms with van der Waals surface area (Å²) in [6.45, 7) is 5.24. The molecule has 1 aliphatic heterocycles. The number of hydrogen-bond donors (Lipinski definition) is 1. The highest BCUT2D eigenvalue weighted by Crippen LogP contribution is 2.26. The minimum absolute atomic E-state index is 0.0874. The molecule has 0 aromatic heterocycles. The topological polar surface area (TPSA) is 66.8 Å². The largest absolute Gasteiger partial charge is 0.493 e. The van der Waals surface area contributed by atoms with E-state index >= 15 is 0 Å². The Hall–Kier alpha value is -2.04. The van der Waals surface area contributed by atoms with Crippen LogP contribution < -0.4 is 4.74 Å². The van der Waals surface area contributed by atoms with Gasteiger partial charge in [0.15, 0.2) is 0 Å². The smallest absolute Gasteiger partial charge is 0.326 e. The van der Waals surface area contributed by atoms with Crippen molar-refractivity contribution < 1.29 is 19.4 Å². The number of likely N-dealkylation sites (tertiary alicyclic amines) is 1. The Morgan fingerprint density at radius 1 is 1.35 bits per heavy atom. The number of ether oxygens (including phenoxy) is 1. The van der Waals surface area contributed by atoms with Crippen LogP contribution in [0.1, 0.15) is 51.0 Å². The first kappa shape index (κ1) is 17.3. The molecular weight excluding hydrogens is 294 g/mol. The molecule has 1 amide bonds. The highest BCUT2D eigenvalue weighted by atomic mass is 16.5. The fourth-order valence-corrected chi connectivity index (χ4v) is 2.96. The minimum Gasteiger partial charge on any atom is -0.493 e. The van der Waals surface area contributed by atoms with Crippen molar-refractivity contribution in [1.82, 2.24) is 4.90 Å². The SMILES string of the molecule is CC(C)c1ccccc1OCCCC(=O)N1CCCC1C(=O)O. The van der Waals surface area contributed by atoms with E-state index in [0.717, 1.165) is 17.7 Å². The van der Waals surface area contributed by atoms with Gasteiger partial charge >= 0.3 is 5.97 Å². The van der Waals surface area contributed by atoms with Crippen LogP contribution in [0.3, 0.4) is 0 Å². The van der Waals surface area contributed by atoms with Crippen molar-refractivity contribution >= 4 is 11.9 Å². The molecule has 1 saturated heterocycles. The van der Waals surface area contributed by atoms with Gasteiger partial charge in [-0.2, -0.15) is 0 Å². The number of nitrogens with zero attached hydrogens (tertiary/aromatic N) is 1. The number of amides is 1. The van der Waals surface area contributed by atoms with Gasteiger partial charge in [0, 0.05) is 13.0 Å². The molecule has 0 bridgehead atoms. The minimum atomic E-state index is -0.905. The normalized spacial score (nSPS) is 17.5. The molecule has 0 aliphatic carbocycles. The first-order valence-corrected chi connectivity index (χ1v) is 8.24. The Morgan fingerprint density at radius 3 is 2.78 bits per heavy atom. The van der Waals surface area contributed by atoms with Crippen LogP contribution >= 0.6 is 0 Å². The van der Waals surface area contributed by atoms with Gasteiger partial charge in [-0.15, -0.1) is 0 Å². The molecule has 1 heterocycles. The van der Waals surface area contributed by atoms with E-state index in [9.17, 15) is 9.59 Å². The van der Waals surface area contributed by atoms with Crippen LogP contribution in [0.25, 0.3) is 0 Å². The lowest BCUT2D eigenvalue weighted by Crippen LogP contribution is -2.40. The van der Waals surface area contributed by atoms with Gasteiger partial charge in [-0.25, -0.2) is 4.79 Å². The monoisotopic (exact) mass is 319 g/mol. The summed E-state index contributed by atoms with van der Waals surface area (Å²) in [4.78, 5) is 24.8. The van der Waals surface area contributed by atoms with Crippen LogP contribution in [0.2, 0.25) is 0 Å². The molecule has 1 unspecified atom stereocenters. The predicted octanol–water partition coefficient (Wildman–Crippen LogP) is 3.04. The maximum absolute atomic E-state index is 12.2. The zero-order chi connectivity index (χ0) is 16.8. The molecule has 1 aromatic carbocycles. The number of rotatable bonds is 7. The Labute approximate surface area is 137 Å². The first-order chi connectivity index (χ1) is 11.0. The summed E-state index contributed by atoms with van der Waals surface area (Å²) in [5.74, 6) is 0.252. The van der Waals surface area contributed by atoms with Crippen molar-refractivity contribution in [2.45, 2.75) is 51.5 Å². The van der Waals surface area contributed by atoms with E-state index < -0.39 is 12.0 Å². The van der Waals surface area contributed by atoms with E-state index in [2.05, 4.69) is 13.8 Å². The molecule has 126 valence electrons. The van der Waals surface area contributed by atoms with E-state index in [1.807, 2.05) is 24.3 Å².